The second-order valence-corrected chi connectivity index (χ2v) is 17.3. The molecular formula is C52H101NO4. The number of carbonyl (C=O) groups is 2. The highest BCUT2D eigenvalue weighted by atomic mass is 16.4. The first-order valence-electron chi connectivity index (χ1n) is 25.5. The number of nitrogens with two attached hydrogens (primary N) is 1. The van der Waals surface area contributed by atoms with Gasteiger partial charge in [0.15, 0.2) is 0 Å². The molecule has 0 aromatic heterocycles. The van der Waals surface area contributed by atoms with Gasteiger partial charge in [-0.05, 0) is 77.2 Å². The Morgan fingerprint density at radius 3 is 0.719 bits per heavy atom. The molecular weight excluding hydrogens is 703 g/mol. The minimum atomic E-state index is -0.664. The molecule has 0 unspecified atom stereocenters. The molecule has 5 heteroatoms. The van der Waals surface area contributed by atoms with E-state index >= 15 is 0 Å². The zero-order valence-corrected chi connectivity index (χ0v) is 38.4. The average molecular weight is 804 g/mol. The van der Waals surface area contributed by atoms with E-state index in [9.17, 15) is 9.59 Å². The lowest BCUT2D eigenvalue weighted by Gasteiger charge is -2.04. The number of carboxylic acid groups (broad SMARTS) is 2. The minimum absolute atomic E-state index is 0.327. The van der Waals surface area contributed by atoms with Crippen LogP contribution in [-0.4, -0.2) is 28.7 Å². The molecule has 4 N–H and O–H groups in total. The Balaban J connectivity index is 0. The van der Waals surface area contributed by atoms with Crippen molar-refractivity contribution in [3.63, 3.8) is 0 Å². The van der Waals surface area contributed by atoms with Gasteiger partial charge in [0.2, 0.25) is 0 Å². The Morgan fingerprint density at radius 2 is 0.509 bits per heavy atom. The molecule has 0 aliphatic rings. The topological polar surface area (TPSA) is 101 Å². The fourth-order valence-corrected chi connectivity index (χ4v) is 7.59. The molecule has 0 saturated heterocycles. The van der Waals surface area contributed by atoms with E-state index < -0.39 is 11.9 Å². The molecule has 0 fully saturated rings. The van der Waals surface area contributed by atoms with E-state index in [1.807, 2.05) is 0 Å². The van der Waals surface area contributed by atoms with Crippen molar-refractivity contribution in [1.82, 2.24) is 0 Å². The van der Waals surface area contributed by atoms with Crippen molar-refractivity contribution in [1.29, 1.82) is 0 Å². The molecule has 0 rings (SSSR count). The lowest BCUT2D eigenvalue weighted by Crippen LogP contribution is -1.97. The third kappa shape index (κ3) is 61.2. The summed E-state index contributed by atoms with van der Waals surface area (Å²) in [6.07, 6.45) is 65.4. The summed E-state index contributed by atoms with van der Waals surface area (Å²) in [6.45, 7) is 3.13. The van der Waals surface area contributed by atoms with Crippen molar-refractivity contribution in [3.05, 3.63) is 24.3 Å². The number of hydrogen-bond donors (Lipinski definition) is 3. The Hall–Kier alpha value is -1.62. The zero-order chi connectivity index (χ0) is 41.8. The summed E-state index contributed by atoms with van der Waals surface area (Å²) < 4.78 is 0. The maximum absolute atomic E-state index is 10.5. The van der Waals surface area contributed by atoms with Crippen LogP contribution < -0.4 is 5.73 Å². The predicted octanol–water partition coefficient (Wildman–Crippen LogP) is 17.4. The van der Waals surface area contributed by atoms with E-state index in [0.29, 0.717) is 12.8 Å². The van der Waals surface area contributed by atoms with E-state index in [1.54, 1.807) is 0 Å². The van der Waals surface area contributed by atoms with E-state index in [2.05, 4.69) is 31.2 Å². The summed E-state index contributed by atoms with van der Waals surface area (Å²) in [5.41, 5.74) is 5.39. The molecule has 0 atom stereocenters. The maximum atomic E-state index is 10.5. The first-order valence-corrected chi connectivity index (χ1v) is 25.5. The Morgan fingerprint density at radius 1 is 0.316 bits per heavy atom. The second kappa shape index (κ2) is 54.4. The highest BCUT2D eigenvalue weighted by molar-refractivity contribution is 5.66. The second-order valence-electron chi connectivity index (χ2n) is 17.3. The molecule has 57 heavy (non-hydrogen) atoms. The first-order chi connectivity index (χ1) is 28.0. The number of hydrogen-bond acceptors (Lipinski definition) is 3. The molecule has 0 aromatic carbocycles. The number of carboxylic acids is 2. The van der Waals surface area contributed by atoms with Gasteiger partial charge in [-0.15, -0.1) is 0 Å². The van der Waals surface area contributed by atoms with Crippen LogP contribution >= 0.6 is 0 Å². The summed E-state index contributed by atoms with van der Waals surface area (Å²) >= 11 is 0. The van der Waals surface area contributed by atoms with Crippen LogP contribution in [0.1, 0.15) is 289 Å². The molecule has 0 radical (unpaired) electrons. The van der Waals surface area contributed by atoms with Crippen LogP contribution in [0.3, 0.4) is 0 Å². The molecule has 0 saturated carbocycles. The van der Waals surface area contributed by atoms with Gasteiger partial charge >= 0.3 is 11.9 Å². The highest BCUT2D eigenvalue weighted by Gasteiger charge is 1.99. The van der Waals surface area contributed by atoms with Crippen molar-refractivity contribution in [2.24, 2.45) is 5.73 Å². The maximum Gasteiger partial charge on any atom is 0.303 e. The molecule has 0 spiro atoms. The summed E-state index contributed by atoms with van der Waals surface area (Å²) in [5, 5.41) is 17.3. The quantitative estimate of drug-likeness (QED) is 0.0420. The third-order valence-corrected chi connectivity index (χ3v) is 11.4. The fraction of sp³-hybridized carbons (Fsp3) is 0.885. The van der Waals surface area contributed by atoms with Gasteiger partial charge in [0, 0.05) is 12.8 Å². The van der Waals surface area contributed by atoms with Gasteiger partial charge in [0.1, 0.15) is 0 Å². The van der Waals surface area contributed by atoms with Crippen molar-refractivity contribution < 1.29 is 19.8 Å². The molecule has 0 aliphatic carbocycles. The van der Waals surface area contributed by atoms with Crippen molar-refractivity contribution in [2.45, 2.75) is 289 Å². The lowest BCUT2D eigenvalue weighted by atomic mass is 10.0. The van der Waals surface area contributed by atoms with Crippen molar-refractivity contribution in [3.8, 4) is 0 Å². The van der Waals surface area contributed by atoms with Crippen LogP contribution in [0, 0.1) is 0 Å². The van der Waals surface area contributed by atoms with Gasteiger partial charge < -0.3 is 15.9 Å². The normalized spacial score (nSPS) is 11.5. The van der Waals surface area contributed by atoms with Gasteiger partial charge in [-0.2, -0.15) is 0 Å². The van der Waals surface area contributed by atoms with Crippen LogP contribution in [0.25, 0.3) is 0 Å². The Bertz CT molecular complexity index is 759. The minimum Gasteiger partial charge on any atom is -0.481 e. The zero-order valence-electron chi connectivity index (χ0n) is 38.4. The number of rotatable bonds is 47. The molecule has 0 amide bonds. The molecule has 0 bridgehead atoms. The smallest absolute Gasteiger partial charge is 0.303 e. The molecule has 338 valence electrons. The molecule has 0 heterocycles. The van der Waals surface area contributed by atoms with Gasteiger partial charge in [-0.1, -0.05) is 230 Å². The summed E-state index contributed by atoms with van der Waals surface area (Å²) in [5.74, 6) is -1.33. The van der Waals surface area contributed by atoms with Gasteiger partial charge in [-0.25, -0.2) is 0 Å². The number of unbranched alkanes of at least 4 members (excludes halogenated alkanes) is 38. The number of aliphatic carboxylic acids is 2. The van der Waals surface area contributed by atoms with Gasteiger partial charge in [0.25, 0.3) is 0 Å². The summed E-state index contributed by atoms with van der Waals surface area (Å²) in [7, 11) is 0. The molecule has 5 nitrogen and oxygen atoms in total. The van der Waals surface area contributed by atoms with Crippen molar-refractivity contribution >= 4 is 11.9 Å². The van der Waals surface area contributed by atoms with Crippen LogP contribution in [-0.2, 0) is 9.59 Å². The average Bonchev–Trinajstić information content (AvgIpc) is 3.20. The van der Waals surface area contributed by atoms with E-state index in [1.165, 1.54) is 244 Å². The van der Waals surface area contributed by atoms with Gasteiger partial charge in [0.05, 0.1) is 0 Å². The fourth-order valence-electron chi connectivity index (χ4n) is 7.59. The molecule has 0 aromatic rings. The first kappa shape index (κ1) is 57.5. The molecule has 0 aliphatic heterocycles. The van der Waals surface area contributed by atoms with E-state index in [-0.39, 0.29) is 0 Å². The van der Waals surface area contributed by atoms with Crippen LogP contribution in [0.4, 0.5) is 0 Å². The Labute approximate surface area is 356 Å². The lowest BCUT2D eigenvalue weighted by molar-refractivity contribution is -0.138. The Kier molecular flexibility index (Phi) is 54.8. The monoisotopic (exact) mass is 804 g/mol. The summed E-state index contributed by atoms with van der Waals surface area (Å²) in [4.78, 5) is 21.0. The van der Waals surface area contributed by atoms with Crippen LogP contribution in [0.2, 0.25) is 0 Å². The number of allylic oxidation sites excluding steroid dienone is 4. The van der Waals surface area contributed by atoms with Crippen molar-refractivity contribution in [2.75, 3.05) is 6.54 Å². The largest absolute Gasteiger partial charge is 0.481 e. The SMILES string of the molecule is CCCCCCCCCCN.O=C(O)CCCCCCC/C=C\CCCCCCCCCCCCCCCCCCCCCC/C=C\CCCCCCCC(=O)O. The predicted molar refractivity (Wildman–Crippen MR) is 251 cm³/mol. The van der Waals surface area contributed by atoms with Crippen LogP contribution in [0.15, 0.2) is 24.3 Å². The van der Waals surface area contributed by atoms with Gasteiger partial charge in [-0.3, -0.25) is 9.59 Å². The highest BCUT2D eigenvalue weighted by Crippen LogP contribution is 2.16. The van der Waals surface area contributed by atoms with Crippen LogP contribution in [0.5, 0.6) is 0 Å². The van der Waals surface area contributed by atoms with E-state index in [0.717, 1.165) is 32.2 Å². The summed E-state index contributed by atoms with van der Waals surface area (Å²) in [6, 6.07) is 0. The standard InChI is InChI=1S/C42H78O4.C10H23N/c43-41(44)39-37-35-33-31-29-27-25-23-21-19-17-15-13-11-9-7-5-3-1-2-4-6-8-10-12-14-16-18-20-22-24-26-28-30-32-34-36-38-40-42(45)46;1-2-3-4-5-6-7-8-9-10-11/h23-26H,1-22,27-40H2,(H,43,44)(H,45,46);2-11H2,1H3/b25-23-,26-24-;. The third-order valence-electron chi connectivity index (χ3n) is 11.4. The van der Waals surface area contributed by atoms with E-state index in [4.69, 9.17) is 15.9 Å².